The Morgan fingerprint density at radius 2 is 2.17 bits per heavy atom. The summed E-state index contributed by atoms with van der Waals surface area (Å²) in [4.78, 5) is 2.45. The molecule has 3 atom stereocenters. The van der Waals surface area contributed by atoms with Gasteiger partial charge >= 0.3 is 0 Å². The highest BCUT2D eigenvalue weighted by Crippen LogP contribution is 2.21. The van der Waals surface area contributed by atoms with Gasteiger partial charge in [-0.2, -0.15) is 0 Å². The summed E-state index contributed by atoms with van der Waals surface area (Å²) >= 11 is 0. The molecule has 2 N–H and O–H groups in total. The number of hydrogen-bond donors (Lipinski definition) is 2. The molecule has 2 fully saturated rings. The van der Waals surface area contributed by atoms with Crippen molar-refractivity contribution in [2.45, 2.75) is 44.5 Å². The molecular weight excluding hydrogens is 152 g/mol. The van der Waals surface area contributed by atoms with E-state index >= 15 is 0 Å². The number of rotatable bonds is 1. The van der Waals surface area contributed by atoms with E-state index in [2.05, 4.69) is 24.1 Å². The maximum absolute atomic E-state index is 9.61. The lowest BCUT2D eigenvalue weighted by molar-refractivity contribution is 0.116. The molecule has 0 aromatic rings. The van der Waals surface area contributed by atoms with Crippen LogP contribution >= 0.6 is 0 Å². The standard InChI is InChI=1S/C9H18N2O/c1-6(2)11-4-7-3-9(12)8(5-11)10-7/h6-10,12H,3-5H2,1-2H3/t7-,8-,9+/m0/s1. The number of piperazine rings is 1. The van der Waals surface area contributed by atoms with E-state index in [4.69, 9.17) is 0 Å². The van der Waals surface area contributed by atoms with Gasteiger partial charge in [0.05, 0.1) is 6.10 Å². The monoisotopic (exact) mass is 170 g/mol. The van der Waals surface area contributed by atoms with Crippen LogP contribution in [-0.4, -0.2) is 47.3 Å². The Balaban J connectivity index is 2.01. The molecule has 0 aromatic carbocycles. The Morgan fingerprint density at radius 3 is 2.75 bits per heavy atom. The van der Waals surface area contributed by atoms with Crippen LogP contribution in [0.3, 0.4) is 0 Å². The van der Waals surface area contributed by atoms with Crippen molar-refractivity contribution in [1.29, 1.82) is 0 Å². The van der Waals surface area contributed by atoms with Crippen molar-refractivity contribution in [3.63, 3.8) is 0 Å². The second-order valence-electron chi connectivity index (χ2n) is 4.32. The highest BCUT2D eigenvalue weighted by molar-refractivity contribution is 4.98. The molecule has 2 rings (SSSR count). The van der Waals surface area contributed by atoms with Gasteiger partial charge < -0.3 is 10.4 Å². The van der Waals surface area contributed by atoms with E-state index in [0.717, 1.165) is 19.5 Å². The normalized spacial score (nSPS) is 42.5. The van der Waals surface area contributed by atoms with Crippen LogP contribution in [0.5, 0.6) is 0 Å². The predicted molar refractivity (Wildman–Crippen MR) is 48.0 cm³/mol. The zero-order valence-electron chi connectivity index (χ0n) is 7.83. The summed E-state index contributed by atoms with van der Waals surface area (Å²) in [6.07, 6.45) is 0.826. The molecule has 2 bridgehead atoms. The zero-order valence-corrected chi connectivity index (χ0v) is 7.83. The summed E-state index contributed by atoms with van der Waals surface area (Å²) in [5, 5.41) is 13.0. The molecule has 12 heavy (non-hydrogen) atoms. The third-order valence-corrected chi connectivity index (χ3v) is 3.06. The lowest BCUT2D eigenvalue weighted by atomic mass is 10.2. The minimum atomic E-state index is -0.112. The van der Waals surface area contributed by atoms with Crippen molar-refractivity contribution in [2.24, 2.45) is 0 Å². The van der Waals surface area contributed by atoms with E-state index in [1.54, 1.807) is 0 Å². The van der Waals surface area contributed by atoms with Crippen molar-refractivity contribution in [1.82, 2.24) is 10.2 Å². The Morgan fingerprint density at radius 1 is 1.42 bits per heavy atom. The molecular formula is C9H18N2O. The van der Waals surface area contributed by atoms with E-state index in [0.29, 0.717) is 18.1 Å². The molecule has 2 aliphatic rings. The second-order valence-corrected chi connectivity index (χ2v) is 4.32. The highest BCUT2D eigenvalue weighted by Gasteiger charge is 2.38. The van der Waals surface area contributed by atoms with Crippen LogP contribution in [0.2, 0.25) is 0 Å². The maximum atomic E-state index is 9.61. The number of hydrogen-bond acceptors (Lipinski definition) is 3. The van der Waals surface area contributed by atoms with E-state index < -0.39 is 0 Å². The smallest absolute Gasteiger partial charge is 0.0721 e. The molecule has 0 aliphatic carbocycles. The Bertz CT molecular complexity index is 170. The van der Waals surface area contributed by atoms with Crippen LogP contribution < -0.4 is 5.32 Å². The molecule has 2 heterocycles. The van der Waals surface area contributed by atoms with Crippen LogP contribution in [0.4, 0.5) is 0 Å². The fourth-order valence-corrected chi connectivity index (χ4v) is 2.27. The van der Waals surface area contributed by atoms with Crippen molar-refractivity contribution < 1.29 is 5.11 Å². The summed E-state index contributed by atoms with van der Waals surface area (Å²) in [7, 11) is 0. The van der Waals surface area contributed by atoms with E-state index in [9.17, 15) is 5.11 Å². The third-order valence-electron chi connectivity index (χ3n) is 3.06. The molecule has 0 spiro atoms. The first kappa shape index (κ1) is 8.48. The van der Waals surface area contributed by atoms with Crippen molar-refractivity contribution in [3.05, 3.63) is 0 Å². The Labute approximate surface area is 73.8 Å². The van der Waals surface area contributed by atoms with Gasteiger partial charge in [0.15, 0.2) is 0 Å². The van der Waals surface area contributed by atoms with Gasteiger partial charge in [0, 0.05) is 31.2 Å². The number of aliphatic hydroxyl groups is 1. The SMILES string of the molecule is CC(C)N1C[C@@H]2C[C@@H](O)[C@H](C1)N2. The van der Waals surface area contributed by atoms with Crippen molar-refractivity contribution >= 4 is 0 Å². The number of fused-ring (bicyclic) bond motifs is 2. The van der Waals surface area contributed by atoms with Crippen LogP contribution in [0.25, 0.3) is 0 Å². The summed E-state index contributed by atoms with van der Waals surface area (Å²) < 4.78 is 0. The maximum Gasteiger partial charge on any atom is 0.0721 e. The van der Waals surface area contributed by atoms with Crippen LogP contribution in [0.15, 0.2) is 0 Å². The minimum absolute atomic E-state index is 0.112. The lowest BCUT2D eigenvalue weighted by Crippen LogP contribution is -2.54. The average molecular weight is 170 g/mol. The Kier molecular flexibility index (Phi) is 2.10. The fourth-order valence-electron chi connectivity index (χ4n) is 2.27. The van der Waals surface area contributed by atoms with Gasteiger partial charge in [-0.15, -0.1) is 0 Å². The van der Waals surface area contributed by atoms with Gasteiger partial charge in [0.25, 0.3) is 0 Å². The molecule has 70 valence electrons. The summed E-state index contributed by atoms with van der Waals surface area (Å²) in [5.41, 5.74) is 0. The van der Waals surface area contributed by atoms with Gasteiger partial charge in [-0.3, -0.25) is 4.90 Å². The number of aliphatic hydroxyl groups excluding tert-OH is 1. The summed E-state index contributed by atoms with van der Waals surface area (Å²) in [6, 6.07) is 1.47. The van der Waals surface area contributed by atoms with E-state index in [1.165, 1.54) is 0 Å². The molecule has 0 radical (unpaired) electrons. The lowest BCUT2D eigenvalue weighted by Gasteiger charge is -2.35. The molecule has 0 saturated carbocycles. The van der Waals surface area contributed by atoms with Gasteiger partial charge in [0.2, 0.25) is 0 Å². The molecule has 3 nitrogen and oxygen atoms in total. The summed E-state index contributed by atoms with van der Waals surface area (Å²) in [5.74, 6) is 0. The van der Waals surface area contributed by atoms with Crippen molar-refractivity contribution in [2.75, 3.05) is 13.1 Å². The first-order chi connectivity index (χ1) is 5.66. The molecule has 0 unspecified atom stereocenters. The quantitative estimate of drug-likeness (QED) is 0.572. The highest BCUT2D eigenvalue weighted by atomic mass is 16.3. The van der Waals surface area contributed by atoms with Crippen LogP contribution in [0, 0.1) is 0 Å². The molecule has 2 saturated heterocycles. The largest absolute Gasteiger partial charge is 0.391 e. The molecule has 0 amide bonds. The van der Waals surface area contributed by atoms with E-state index in [1.807, 2.05) is 0 Å². The first-order valence-corrected chi connectivity index (χ1v) is 4.85. The zero-order chi connectivity index (χ0) is 8.72. The third kappa shape index (κ3) is 1.37. The fraction of sp³-hybridized carbons (Fsp3) is 1.00. The Hall–Kier alpha value is -0.120. The molecule has 2 aliphatic heterocycles. The summed E-state index contributed by atoms with van der Waals surface area (Å²) in [6.45, 7) is 6.55. The van der Waals surface area contributed by atoms with Gasteiger partial charge in [-0.25, -0.2) is 0 Å². The number of likely N-dealkylation sites (tertiary alicyclic amines) is 1. The molecule has 0 aromatic heterocycles. The van der Waals surface area contributed by atoms with Crippen LogP contribution in [-0.2, 0) is 0 Å². The van der Waals surface area contributed by atoms with Crippen molar-refractivity contribution in [3.8, 4) is 0 Å². The average Bonchev–Trinajstić information content (AvgIpc) is 2.26. The molecule has 3 heteroatoms. The van der Waals surface area contributed by atoms with E-state index in [-0.39, 0.29) is 6.10 Å². The topological polar surface area (TPSA) is 35.5 Å². The predicted octanol–water partition coefficient (Wildman–Crippen LogP) is -0.198. The minimum Gasteiger partial charge on any atom is -0.391 e. The van der Waals surface area contributed by atoms with Gasteiger partial charge in [-0.05, 0) is 20.3 Å². The van der Waals surface area contributed by atoms with Gasteiger partial charge in [0.1, 0.15) is 0 Å². The van der Waals surface area contributed by atoms with Gasteiger partial charge in [-0.1, -0.05) is 0 Å². The first-order valence-electron chi connectivity index (χ1n) is 4.85. The number of nitrogens with zero attached hydrogens (tertiary/aromatic N) is 1. The van der Waals surface area contributed by atoms with Crippen LogP contribution in [0.1, 0.15) is 20.3 Å². The number of nitrogens with one attached hydrogen (secondary N) is 1. The second kappa shape index (κ2) is 2.98.